The highest BCUT2D eigenvalue weighted by molar-refractivity contribution is 9.10. The Balaban J connectivity index is 2.29. The quantitative estimate of drug-likeness (QED) is 0.828. The SMILES string of the molecule is CCCNc1nc(Nc2ccccc2Br)c(F)cc1F. The maximum atomic E-state index is 13.8. The molecular formula is C14H14BrF2N3. The van der Waals surface area contributed by atoms with E-state index in [-0.39, 0.29) is 11.6 Å². The van der Waals surface area contributed by atoms with Crippen LogP contribution in [0.5, 0.6) is 0 Å². The molecule has 2 rings (SSSR count). The van der Waals surface area contributed by atoms with Crippen LogP contribution in [-0.4, -0.2) is 11.5 Å². The molecule has 2 N–H and O–H groups in total. The van der Waals surface area contributed by atoms with Crippen molar-refractivity contribution in [3.05, 3.63) is 46.4 Å². The third-order valence-corrected chi connectivity index (χ3v) is 3.29. The van der Waals surface area contributed by atoms with Crippen molar-refractivity contribution in [2.24, 2.45) is 0 Å². The average Bonchev–Trinajstić information content (AvgIpc) is 2.43. The van der Waals surface area contributed by atoms with Crippen LogP contribution < -0.4 is 10.6 Å². The lowest BCUT2D eigenvalue weighted by Gasteiger charge is -2.11. The Bertz CT molecular complexity index is 605. The summed E-state index contributed by atoms with van der Waals surface area (Å²) in [4.78, 5) is 3.95. The van der Waals surface area contributed by atoms with Crippen LogP contribution in [0.4, 0.5) is 26.1 Å². The molecule has 1 heterocycles. The van der Waals surface area contributed by atoms with Gasteiger partial charge in [-0.15, -0.1) is 0 Å². The van der Waals surface area contributed by atoms with Crippen molar-refractivity contribution < 1.29 is 8.78 Å². The minimum atomic E-state index is -0.736. The van der Waals surface area contributed by atoms with E-state index in [2.05, 4.69) is 31.5 Å². The number of hydrogen-bond acceptors (Lipinski definition) is 3. The molecule has 0 aliphatic heterocycles. The van der Waals surface area contributed by atoms with Crippen LogP contribution >= 0.6 is 15.9 Å². The van der Waals surface area contributed by atoms with E-state index in [0.717, 1.165) is 17.0 Å². The van der Waals surface area contributed by atoms with Gasteiger partial charge in [-0.05, 0) is 34.5 Å². The maximum Gasteiger partial charge on any atom is 0.169 e. The van der Waals surface area contributed by atoms with Gasteiger partial charge in [-0.1, -0.05) is 19.1 Å². The summed E-state index contributed by atoms with van der Waals surface area (Å²) in [5, 5.41) is 5.67. The Morgan fingerprint density at radius 3 is 2.55 bits per heavy atom. The standard InChI is InChI=1S/C14H14BrF2N3/c1-2-7-18-13-10(16)8-11(17)14(20-13)19-12-6-4-3-5-9(12)15/h3-6,8H,2,7H2,1H3,(H2,18,19,20). The molecule has 0 bridgehead atoms. The summed E-state index contributed by atoms with van der Waals surface area (Å²) in [6.07, 6.45) is 0.825. The number of para-hydroxylation sites is 1. The zero-order valence-electron chi connectivity index (χ0n) is 10.9. The fourth-order valence-corrected chi connectivity index (χ4v) is 2.00. The van der Waals surface area contributed by atoms with Gasteiger partial charge in [-0.3, -0.25) is 0 Å². The van der Waals surface area contributed by atoms with Gasteiger partial charge in [0, 0.05) is 17.1 Å². The number of aromatic nitrogens is 1. The molecule has 0 aliphatic carbocycles. The minimum Gasteiger partial charge on any atom is -0.368 e. The first kappa shape index (κ1) is 14.7. The lowest BCUT2D eigenvalue weighted by atomic mass is 10.3. The van der Waals surface area contributed by atoms with Gasteiger partial charge in [-0.25, -0.2) is 13.8 Å². The van der Waals surface area contributed by atoms with Gasteiger partial charge in [0.1, 0.15) is 0 Å². The Hall–Kier alpha value is -1.69. The molecule has 0 spiro atoms. The summed E-state index contributed by atoms with van der Waals surface area (Å²) >= 11 is 3.35. The van der Waals surface area contributed by atoms with E-state index in [1.807, 2.05) is 25.1 Å². The number of nitrogens with zero attached hydrogens (tertiary/aromatic N) is 1. The molecule has 20 heavy (non-hydrogen) atoms. The molecule has 0 amide bonds. The highest BCUT2D eigenvalue weighted by Gasteiger charge is 2.12. The van der Waals surface area contributed by atoms with Crippen LogP contribution in [0.1, 0.15) is 13.3 Å². The molecule has 0 saturated heterocycles. The summed E-state index contributed by atoms with van der Waals surface area (Å²) in [6, 6.07) is 8.07. The second-order valence-electron chi connectivity index (χ2n) is 4.18. The molecule has 0 unspecified atom stereocenters. The number of hydrogen-bond donors (Lipinski definition) is 2. The zero-order chi connectivity index (χ0) is 14.5. The molecular weight excluding hydrogens is 328 g/mol. The predicted molar refractivity (Wildman–Crippen MR) is 80.4 cm³/mol. The minimum absolute atomic E-state index is 0.0168. The van der Waals surface area contributed by atoms with E-state index < -0.39 is 11.6 Å². The van der Waals surface area contributed by atoms with Crippen LogP contribution in [0.2, 0.25) is 0 Å². The Labute approximate surface area is 124 Å². The number of rotatable bonds is 5. The van der Waals surface area contributed by atoms with Crippen molar-refractivity contribution in [2.45, 2.75) is 13.3 Å². The van der Waals surface area contributed by atoms with Gasteiger partial charge >= 0.3 is 0 Å². The van der Waals surface area contributed by atoms with E-state index in [1.54, 1.807) is 6.07 Å². The zero-order valence-corrected chi connectivity index (χ0v) is 12.5. The predicted octanol–water partition coefficient (Wildman–Crippen LogP) is 4.69. The molecule has 0 fully saturated rings. The van der Waals surface area contributed by atoms with Crippen LogP contribution in [0.25, 0.3) is 0 Å². The maximum absolute atomic E-state index is 13.8. The molecule has 0 saturated carbocycles. The van der Waals surface area contributed by atoms with Crippen LogP contribution in [0.15, 0.2) is 34.8 Å². The summed E-state index contributed by atoms with van der Waals surface area (Å²) in [5.74, 6) is -1.41. The van der Waals surface area contributed by atoms with Crippen LogP contribution in [-0.2, 0) is 0 Å². The molecule has 1 aromatic heterocycles. The molecule has 0 atom stereocenters. The fourth-order valence-electron chi connectivity index (χ4n) is 1.61. The van der Waals surface area contributed by atoms with Crippen molar-refractivity contribution in [1.82, 2.24) is 4.98 Å². The van der Waals surface area contributed by atoms with Crippen molar-refractivity contribution in [1.29, 1.82) is 0 Å². The largest absolute Gasteiger partial charge is 0.368 e. The second-order valence-corrected chi connectivity index (χ2v) is 5.04. The molecule has 106 valence electrons. The van der Waals surface area contributed by atoms with Gasteiger partial charge in [0.25, 0.3) is 0 Å². The van der Waals surface area contributed by atoms with Gasteiger partial charge < -0.3 is 10.6 Å². The summed E-state index contributed by atoms with van der Waals surface area (Å²) < 4.78 is 28.1. The molecule has 6 heteroatoms. The van der Waals surface area contributed by atoms with Gasteiger partial charge in [0.15, 0.2) is 23.3 Å². The van der Waals surface area contributed by atoms with E-state index in [9.17, 15) is 8.78 Å². The highest BCUT2D eigenvalue weighted by atomic mass is 79.9. The Morgan fingerprint density at radius 2 is 1.85 bits per heavy atom. The van der Waals surface area contributed by atoms with Gasteiger partial charge in [-0.2, -0.15) is 0 Å². The molecule has 0 radical (unpaired) electrons. The number of pyridine rings is 1. The van der Waals surface area contributed by atoms with Crippen molar-refractivity contribution >= 4 is 33.3 Å². The molecule has 1 aromatic carbocycles. The third kappa shape index (κ3) is 3.45. The first-order chi connectivity index (χ1) is 9.61. The summed E-state index contributed by atoms with van der Waals surface area (Å²) in [5.41, 5.74) is 0.659. The fraction of sp³-hybridized carbons (Fsp3) is 0.214. The number of nitrogens with one attached hydrogen (secondary N) is 2. The van der Waals surface area contributed by atoms with E-state index in [0.29, 0.717) is 12.2 Å². The number of halogens is 3. The van der Waals surface area contributed by atoms with E-state index >= 15 is 0 Å². The van der Waals surface area contributed by atoms with Crippen LogP contribution in [0.3, 0.4) is 0 Å². The average molecular weight is 342 g/mol. The van der Waals surface area contributed by atoms with Crippen molar-refractivity contribution in [3.8, 4) is 0 Å². The van der Waals surface area contributed by atoms with Crippen molar-refractivity contribution in [3.63, 3.8) is 0 Å². The summed E-state index contributed by atoms with van der Waals surface area (Å²) in [7, 11) is 0. The topological polar surface area (TPSA) is 37.0 Å². The smallest absolute Gasteiger partial charge is 0.169 e. The van der Waals surface area contributed by atoms with Crippen molar-refractivity contribution in [2.75, 3.05) is 17.2 Å². The molecule has 3 nitrogen and oxygen atoms in total. The monoisotopic (exact) mass is 341 g/mol. The van der Waals surface area contributed by atoms with Gasteiger partial charge in [0.05, 0.1) is 5.69 Å². The molecule has 0 aliphatic rings. The number of benzene rings is 1. The number of anilines is 3. The normalized spacial score (nSPS) is 10.4. The lowest BCUT2D eigenvalue weighted by Crippen LogP contribution is -2.07. The van der Waals surface area contributed by atoms with E-state index in [1.165, 1.54) is 0 Å². The van der Waals surface area contributed by atoms with E-state index in [4.69, 9.17) is 0 Å². The second kappa shape index (κ2) is 6.65. The highest BCUT2D eigenvalue weighted by Crippen LogP contribution is 2.27. The van der Waals surface area contributed by atoms with Crippen LogP contribution in [0, 0.1) is 11.6 Å². The summed E-state index contributed by atoms with van der Waals surface area (Å²) in [6.45, 7) is 2.53. The first-order valence-electron chi connectivity index (χ1n) is 6.23. The lowest BCUT2D eigenvalue weighted by molar-refractivity contribution is 0.579. The van der Waals surface area contributed by atoms with Gasteiger partial charge in [0.2, 0.25) is 0 Å². The molecule has 2 aromatic rings. The Kier molecular flexibility index (Phi) is 4.89. The third-order valence-electron chi connectivity index (χ3n) is 2.60. The Morgan fingerprint density at radius 1 is 1.15 bits per heavy atom. The first-order valence-corrected chi connectivity index (χ1v) is 7.02.